The van der Waals surface area contributed by atoms with Gasteiger partial charge in [-0.05, 0) is 51.9 Å². The van der Waals surface area contributed by atoms with E-state index in [9.17, 15) is 14.7 Å². The van der Waals surface area contributed by atoms with Crippen LogP contribution in [0.15, 0.2) is 0 Å². The molecule has 0 aromatic rings. The molecule has 0 aromatic carbocycles. The van der Waals surface area contributed by atoms with Gasteiger partial charge in [0.2, 0.25) is 0 Å². The average molecular weight is 313 g/mol. The number of aliphatic carboxylic acids is 1. The monoisotopic (exact) mass is 313 g/mol. The Bertz CT molecular complexity index is 381. The van der Waals surface area contributed by atoms with Gasteiger partial charge in [0.1, 0.15) is 11.6 Å². The number of carboxylic acids is 1. The summed E-state index contributed by atoms with van der Waals surface area (Å²) in [6.07, 6.45) is 3.99. The van der Waals surface area contributed by atoms with Crippen LogP contribution in [0.2, 0.25) is 0 Å². The number of hydrogen-bond acceptors (Lipinski definition) is 3. The summed E-state index contributed by atoms with van der Waals surface area (Å²) in [5, 5.41) is 9.69. The van der Waals surface area contributed by atoms with Gasteiger partial charge in [-0.25, -0.2) is 9.59 Å². The molecule has 5 heteroatoms. The summed E-state index contributed by atoms with van der Waals surface area (Å²) < 4.78 is 5.42. The normalized spacial score (nSPS) is 23.7. The van der Waals surface area contributed by atoms with Gasteiger partial charge in [-0.3, -0.25) is 4.90 Å². The Morgan fingerprint density at radius 3 is 2.18 bits per heavy atom. The second-order valence-electron chi connectivity index (χ2n) is 7.48. The summed E-state index contributed by atoms with van der Waals surface area (Å²) in [5.41, 5.74) is -0.618. The zero-order chi connectivity index (χ0) is 16.9. The van der Waals surface area contributed by atoms with Gasteiger partial charge in [-0.2, -0.15) is 0 Å². The molecule has 1 amide bonds. The summed E-state index contributed by atoms with van der Waals surface area (Å²) in [4.78, 5) is 25.7. The molecular formula is C17H31NO4. The van der Waals surface area contributed by atoms with E-state index in [1.807, 2.05) is 6.92 Å². The molecule has 128 valence electrons. The topological polar surface area (TPSA) is 66.8 Å². The lowest BCUT2D eigenvalue weighted by Gasteiger charge is -2.37. The summed E-state index contributed by atoms with van der Waals surface area (Å²) in [7, 11) is 0. The molecule has 1 unspecified atom stereocenters. The summed E-state index contributed by atoms with van der Waals surface area (Å²) in [6, 6.07) is -0.776. The van der Waals surface area contributed by atoms with Crippen molar-refractivity contribution in [2.24, 2.45) is 11.8 Å². The van der Waals surface area contributed by atoms with E-state index in [1.165, 1.54) is 4.90 Å². The highest BCUT2D eigenvalue weighted by atomic mass is 16.6. The van der Waals surface area contributed by atoms with Crippen LogP contribution in [0, 0.1) is 11.8 Å². The molecule has 22 heavy (non-hydrogen) atoms. The Morgan fingerprint density at radius 1 is 1.23 bits per heavy atom. The lowest BCUT2D eigenvalue weighted by molar-refractivity contribution is -0.146. The molecule has 0 heterocycles. The fourth-order valence-corrected chi connectivity index (χ4v) is 3.10. The minimum absolute atomic E-state index is 0.0211. The van der Waals surface area contributed by atoms with Crippen molar-refractivity contribution in [3.8, 4) is 0 Å². The van der Waals surface area contributed by atoms with E-state index in [0.717, 1.165) is 25.7 Å². The zero-order valence-electron chi connectivity index (χ0n) is 14.6. The molecule has 1 aliphatic carbocycles. The molecule has 1 N–H and O–H groups in total. The molecule has 0 spiro atoms. The van der Waals surface area contributed by atoms with Crippen LogP contribution in [-0.2, 0) is 9.53 Å². The first-order valence-corrected chi connectivity index (χ1v) is 8.38. The molecule has 0 radical (unpaired) electrons. The van der Waals surface area contributed by atoms with Gasteiger partial charge >= 0.3 is 12.1 Å². The molecule has 1 aliphatic rings. The lowest BCUT2D eigenvalue weighted by Crippen LogP contribution is -2.51. The van der Waals surface area contributed by atoms with E-state index in [0.29, 0.717) is 18.9 Å². The number of carboxylic acid groups (broad SMARTS) is 1. The van der Waals surface area contributed by atoms with Crippen molar-refractivity contribution in [1.82, 2.24) is 4.90 Å². The average Bonchev–Trinajstić information content (AvgIpc) is 2.38. The second kappa shape index (κ2) is 7.84. The van der Waals surface area contributed by atoms with Crippen molar-refractivity contribution < 1.29 is 19.4 Å². The quantitative estimate of drug-likeness (QED) is 0.835. The smallest absolute Gasteiger partial charge is 0.411 e. The van der Waals surface area contributed by atoms with Crippen LogP contribution in [0.1, 0.15) is 66.7 Å². The SMILES string of the molecule is CCCN(C(=O)OC(C)(C)C)C(C(=O)O)C1CCC(C)CC1. The Balaban J connectivity index is 2.91. The van der Waals surface area contributed by atoms with Crippen LogP contribution in [-0.4, -0.2) is 40.3 Å². The third kappa shape index (κ3) is 5.50. The van der Waals surface area contributed by atoms with Crippen molar-refractivity contribution in [1.29, 1.82) is 0 Å². The van der Waals surface area contributed by atoms with Crippen molar-refractivity contribution in [2.75, 3.05) is 6.54 Å². The highest BCUT2D eigenvalue weighted by Gasteiger charge is 2.39. The van der Waals surface area contributed by atoms with E-state index >= 15 is 0 Å². The van der Waals surface area contributed by atoms with Crippen LogP contribution < -0.4 is 0 Å². The summed E-state index contributed by atoms with van der Waals surface area (Å²) in [6.45, 7) is 9.95. The predicted octanol–water partition coefficient (Wildman–Crippen LogP) is 3.91. The van der Waals surface area contributed by atoms with Crippen molar-refractivity contribution in [3.63, 3.8) is 0 Å². The van der Waals surface area contributed by atoms with E-state index in [-0.39, 0.29) is 5.92 Å². The maximum absolute atomic E-state index is 12.4. The first-order valence-electron chi connectivity index (χ1n) is 8.38. The molecule has 0 aliphatic heterocycles. The first kappa shape index (κ1) is 18.8. The van der Waals surface area contributed by atoms with E-state index in [4.69, 9.17) is 4.74 Å². The van der Waals surface area contributed by atoms with Gasteiger partial charge < -0.3 is 9.84 Å². The minimum Gasteiger partial charge on any atom is -0.480 e. The fraction of sp³-hybridized carbons (Fsp3) is 0.882. The lowest BCUT2D eigenvalue weighted by atomic mass is 9.78. The van der Waals surface area contributed by atoms with Crippen LogP contribution >= 0.6 is 0 Å². The molecular weight excluding hydrogens is 282 g/mol. The number of amides is 1. The number of carbonyl (C=O) groups is 2. The maximum Gasteiger partial charge on any atom is 0.411 e. The number of nitrogens with zero attached hydrogens (tertiary/aromatic N) is 1. The minimum atomic E-state index is -0.918. The van der Waals surface area contributed by atoms with Crippen LogP contribution in [0.3, 0.4) is 0 Å². The molecule has 0 bridgehead atoms. The molecule has 0 aromatic heterocycles. The molecule has 1 atom stereocenters. The van der Waals surface area contributed by atoms with E-state index in [1.54, 1.807) is 20.8 Å². The standard InChI is InChI=1S/C17H31NO4/c1-6-11-18(16(21)22-17(3,4)5)14(15(19)20)13-9-7-12(2)8-10-13/h12-14H,6-11H2,1-5H3,(H,19,20). The highest BCUT2D eigenvalue weighted by molar-refractivity contribution is 5.80. The Hall–Kier alpha value is -1.26. The van der Waals surface area contributed by atoms with E-state index < -0.39 is 23.7 Å². The van der Waals surface area contributed by atoms with Crippen molar-refractivity contribution >= 4 is 12.1 Å². The van der Waals surface area contributed by atoms with Gasteiger partial charge in [0.25, 0.3) is 0 Å². The maximum atomic E-state index is 12.4. The van der Waals surface area contributed by atoms with Crippen LogP contribution in [0.25, 0.3) is 0 Å². The second-order valence-corrected chi connectivity index (χ2v) is 7.48. The van der Waals surface area contributed by atoms with Gasteiger partial charge in [0.15, 0.2) is 0 Å². The molecule has 1 rings (SSSR count). The first-order chi connectivity index (χ1) is 10.2. The van der Waals surface area contributed by atoms with Gasteiger partial charge in [0, 0.05) is 6.54 Å². The molecule has 1 fully saturated rings. The van der Waals surface area contributed by atoms with Crippen molar-refractivity contribution in [2.45, 2.75) is 78.4 Å². The summed E-state index contributed by atoms with van der Waals surface area (Å²) >= 11 is 0. The molecule has 5 nitrogen and oxygen atoms in total. The highest BCUT2D eigenvalue weighted by Crippen LogP contribution is 2.33. The number of rotatable bonds is 5. The zero-order valence-corrected chi connectivity index (χ0v) is 14.6. The Kier molecular flexibility index (Phi) is 6.69. The Morgan fingerprint density at radius 2 is 1.77 bits per heavy atom. The Labute approximate surface area is 134 Å². The third-order valence-corrected chi connectivity index (χ3v) is 4.19. The number of hydrogen-bond donors (Lipinski definition) is 1. The fourth-order valence-electron chi connectivity index (χ4n) is 3.10. The number of carbonyl (C=O) groups excluding carboxylic acids is 1. The van der Waals surface area contributed by atoms with Crippen LogP contribution in [0.4, 0.5) is 4.79 Å². The van der Waals surface area contributed by atoms with E-state index in [2.05, 4.69) is 6.92 Å². The predicted molar refractivity (Wildman–Crippen MR) is 85.8 cm³/mol. The number of ether oxygens (including phenoxy) is 1. The van der Waals surface area contributed by atoms with Gasteiger partial charge in [-0.15, -0.1) is 0 Å². The van der Waals surface area contributed by atoms with Crippen LogP contribution in [0.5, 0.6) is 0 Å². The van der Waals surface area contributed by atoms with Gasteiger partial charge in [-0.1, -0.05) is 26.7 Å². The summed E-state index contributed by atoms with van der Waals surface area (Å²) in [5.74, 6) is -0.251. The van der Waals surface area contributed by atoms with Gasteiger partial charge in [0.05, 0.1) is 0 Å². The molecule has 1 saturated carbocycles. The molecule has 0 saturated heterocycles. The largest absolute Gasteiger partial charge is 0.480 e. The third-order valence-electron chi connectivity index (χ3n) is 4.19. The van der Waals surface area contributed by atoms with Crippen molar-refractivity contribution in [3.05, 3.63) is 0 Å².